The van der Waals surface area contributed by atoms with Gasteiger partial charge in [-0.1, -0.05) is 6.07 Å². The van der Waals surface area contributed by atoms with Crippen molar-refractivity contribution in [2.75, 3.05) is 5.32 Å². The Hall–Kier alpha value is -2.70. The first-order valence-corrected chi connectivity index (χ1v) is 7.11. The molecule has 0 aliphatic heterocycles. The first kappa shape index (κ1) is 14.2. The van der Waals surface area contributed by atoms with Crippen molar-refractivity contribution in [2.24, 2.45) is 5.92 Å². The van der Waals surface area contributed by atoms with Crippen LogP contribution in [0.3, 0.4) is 0 Å². The van der Waals surface area contributed by atoms with Gasteiger partial charge in [-0.2, -0.15) is 0 Å². The van der Waals surface area contributed by atoms with Crippen LogP contribution < -0.4 is 5.32 Å². The molecule has 1 unspecified atom stereocenters. The molecular formula is C15H16N4O3. The molecule has 1 aromatic carbocycles. The van der Waals surface area contributed by atoms with Crippen molar-refractivity contribution < 1.29 is 9.72 Å². The molecule has 0 spiro atoms. The zero-order valence-electron chi connectivity index (χ0n) is 12.1. The van der Waals surface area contributed by atoms with Crippen LogP contribution >= 0.6 is 0 Å². The lowest BCUT2D eigenvalue weighted by Crippen LogP contribution is -2.28. The van der Waals surface area contributed by atoms with E-state index in [1.165, 1.54) is 12.1 Å². The van der Waals surface area contributed by atoms with E-state index in [0.717, 1.165) is 29.8 Å². The molecule has 2 aromatic rings. The van der Waals surface area contributed by atoms with E-state index < -0.39 is 4.92 Å². The van der Waals surface area contributed by atoms with Gasteiger partial charge >= 0.3 is 0 Å². The van der Waals surface area contributed by atoms with Gasteiger partial charge in [0.25, 0.3) is 5.69 Å². The Labute approximate surface area is 126 Å². The number of imidazole rings is 1. The quantitative estimate of drug-likeness (QED) is 0.671. The maximum absolute atomic E-state index is 12.4. The van der Waals surface area contributed by atoms with Crippen molar-refractivity contribution in [3.63, 3.8) is 0 Å². The van der Waals surface area contributed by atoms with Gasteiger partial charge in [-0.3, -0.25) is 14.9 Å². The number of hydrogen-bond donors (Lipinski definition) is 2. The van der Waals surface area contributed by atoms with Gasteiger partial charge in [0.2, 0.25) is 5.91 Å². The second-order valence-corrected chi connectivity index (χ2v) is 5.51. The topological polar surface area (TPSA) is 101 Å². The highest BCUT2D eigenvalue weighted by Gasteiger charge is 2.26. The number of non-ortho nitro benzene ring substituents is 1. The summed E-state index contributed by atoms with van der Waals surface area (Å²) >= 11 is 0. The van der Waals surface area contributed by atoms with Crippen molar-refractivity contribution in [1.82, 2.24) is 9.97 Å². The van der Waals surface area contributed by atoms with E-state index in [9.17, 15) is 14.9 Å². The maximum atomic E-state index is 12.4. The second-order valence-electron chi connectivity index (χ2n) is 5.51. The lowest BCUT2D eigenvalue weighted by atomic mass is 9.89. The van der Waals surface area contributed by atoms with Gasteiger partial charge in [0.05, 0.1) is 22.6 Å². The first-order valence-electron chi connectivity index (χ1n) is 7.11. The number of aromatic nitrogens is 2. The van der Waals surface area contributed by atoms with Gasteiger partial charge in [0.15, 0.2) is 0 Å². The second kappa shape index (κ2) is 5.59. The SMILES string of the molecule is Cc1ccc([N+](=O)[O-])cc1NC(=O)C1CCc2nc[nH]c2C1. The molecule has 1 heterocycles. The normalized spacial score (nSPS) is 16.9. The number of nitro benzene ring substituents is 1. The Kier molecular flexibility index (Phi) is 3.62. The summed E-state index contributed by atoms with van der Waals surface area (Å²) in [7, 11) is 0. The Balaban J connectivity index is 1.75. The van der Waals surface area contributed by atoms with Gasteiger partial charge in [-0.25, -0.2) is 4.98 Å². The minimum atomic E-state index is -0.466. The molecule has 1 atom stereocenters. The van der Waals surface area contributed by atoms with Crippen molar-refractivity contribution in [1.29, 1.82) is 0 Å². The van der Waals surface area contributed by atoms with E-state index in [1.807, 2.05) is 6.92 Å². The minimum Gasteiger partial charge on any atom is -0.348 e. The number of carbonyl (C=O) groups is 1. The Morgan fingerprint density at radius 3 is 3.09 bits per heavy atom. The fourth-order valence-electron chi connectivity index (χ4n) is 2.72. The van der Waals surface area contributed by atoms with Crippen LogP contribution in [0.25, 0.3) is 0 Å². The zero-order chi connectivity index (χ0) is 15.7. The summed E-state index contributed by atoms with van der Waals surface area (Å²) in [4.78, 5) is 30.1. The Morgan fingerprint density at radius 2 is 2.32 bits per heavy atom. The van der Waals surface area contributed by atoms with Crippen molar-refractivity contribution >= 4 is 17.3 Å². The molecule has 0 saturated carbocycles. The molecule has 7 nitrogen and oxygen atoms in total. The first-order chi connectivity index (χ1) is 10.5. The van der Waals surface area contributed by atoms with Gasteiger partial charge < -0.3 is 10.3 Å². The van der Waals surface area contributed by atoms with Crippen molar-refractivity contribution in [3.8, 4) is 0 Å². The summed E-state index contributed by atoms with van der Waals surface area (Å²) in [5, 5.41) is 13.7. The van der Waals surface area contributed by atoms with Crippen LogP contribution in [0.4, 0.5) is 11.4 Å². The van der Waals surface area contributed by atoms with Crippen LogP contribution in [-0.4, -0.2) is 20.8 Å². The van der Waals surface area contributed by atoms with Crippen LogP contribution in [0.15, 0.2) is 24.5 Å². The van der Waals surface area contributed by atoms with Crippen LogP contribution in [-0.2, 0) is 17.6 Å². The molecule has 2 N–H and O–H groups in total. The van der Waals surface area contributed by atoms with E-state index in [1.54, 1.807) is 12.4 Å². The molecule has 1 aliphatic carbocycles. The summed E-state index contributed by atoms with van der Waals surface area (Å²) in [5.41, 5.74) is 3.30. The number of nitro groups is 1. The summed E-state index contributed by atoms with van der Waals surface area (Å²) in [6.45, 7) is 1.81. The van der Waals surface area contributed by atoms with Gasteiger partial charge in [0.1, 0.15) is 0 Å². The van der Waals surface area contributed by atoms with Gasteiger partial charge in [-0.05, 0) is 25.3 Å². The molecule has 0 radical (unpaired) electrons. The van der Waals surface area contributed by atoms with E-state index in [-0.39, 0.29) is 17.5 Å². The number of amides is 1. The monoisotopic (exact) mass is 300 g/mol. The number of aromatic amines is 1. The third kappa shape index (κ3) is 2.69. The number of aryl methyl sites for hydroxylation is 2. The zero-order valence-corrected chi connectivity index (χ0v) is 12.1. The number of anilines is 1. The molecule has 0 fully saturated rings. The fourth-order valence-corrected chi connectivity index (χ4v) is 2.72. The van der Waals surface area contributed by atoms with E-state index in [4.69, 9.17) is 0 Å². The predicted molar refractivity (Wildman–Crippen MR) is 80.6 cm³/mol. The molecule has 7 heteroatoms. The number of rotatable bonds is 3. The molecule has 1 aliphatic rings. The van der Waals surface area contributed by atoms with E-state index in [0.29, 0.717) is 12.1 Å². The summed E-state index contributed by atoms with van der Waals surface area (Å²) in [6.07, 6.45) is 3.77. The highest BCUT2D eigenvalue weighted by atomic mass is 16.6. The maximum Gasteiger partial charge on any atom is 0.271 e. The number of nitrogens with zero attached hydrogens (tertiary/aromatic N) is 2. The number of nitrogens with one attached hydrogen (secondary N) is 2. The molecule has 1 amide bonds. The summed E-state index contributed by atoms with van der Waals surface area (Å²) in [5.74, 6) is -0.254. The van der Waals surface area contributed by atoms with E-state index in [2.05, 4.69) is 15.3 Å². The van der Waals surface area contributed by atoms with Crippen LogP contribution in [0.2, 0.25) is 0 Å². The lowest BCUT2D eigenvalue weighted by molar-refractivity contribution is -0.384. The third-order valence-electron chi connectivity index (χ3n) is 4.05. The van der Waals surface area contributed by atoms with Crippen molar-refractivity contribution in [2.45, 2.75) is 26.2 Å². The standard InChI is InChI=1S/C15H16N4O3/c1-9-2-4-11(19(21)22)7-13(9)18-15(20)10-3-5-12-14(6-10)17-8-16-12/h2,4,7-8,10H,3,5-6H2,1H3,(H,16,17)(H,18,20). The fraction of sp³-hybridized carbons (Fsp3) is 0.333. The number of H-pyrrole nitrogens is 1. The highest BCUT2D eigenvalue weighted by Crippen LogP contribution is 2.26. The molecule has 114 valence electrons. The molecular weight excluding hydrogens is 284 g/mol. The molecule has 3 rings (SSSR count). The van der Waals surface area contributed by atoms with Crippen LogP contribution in [0, 0.1) is 23.0 Å². The average molecular weight is 300 g/mol. The smallest absolute Gasteiger partial charge is 0.271 e. The van der Waals surface area contributed by atoms with Crippen molar-refractivity contribution in [3.05, 3.63) is 51.6 Å². The lowest BCUT2D eigenvalue weighted by Gasteiger charge is -2.21. The Bertz CT molecular complexity index is 738. The highest BCUT2D eigenvalue weighted by molar-refractivity contribution is 5.93. The number of fused-ring (bicyclic) bond motifs is 1. The average Bonchev–Trinajstić information content (AvgIpc) is 2.96. The molecule has 22 heavy (non-hydrogen) atoms. The Morgan fingerprint density at radius 1 is 1.50 bits per heavy atom. The minimum absolute atomic E-state index is 0.0274. The summed E-state index contributed by atoms with van der Waals surface area (Å²) < 4.78 is 0. The largest absolute Gasteiger partial charge is 0.348 e. The molecule has 0 bridgehead atoms. The van der Waals surface area contributed by atoms with Gasteiger partial charge in [0, 0.05) is 30.2 Å². The molecule has 1 aromatic heterocycles. The van der Waals surface area contributed by atoms with Crippen LogP contribution in [0.1, 0.15) is 23.4 Å². The summed E-state index contributed by atoms with van der Waals surface area (Å²) in [6, 6.07) is 4.47. The number of carbonyl (C=O) groups excluding carboxylic acids is 1. The number of hydrogen-bond acceptors (Lipinski definition) is 4. The predicted octanol–water partition coefficient (Wildman–Crippen LogP) is 2.37. The third-order valence-corrected chi connectivity index (χ3v) is 4.05. The van der Waals surface area contributed by atoms with Gasteiger partial charge in [-0.15, -0.1) is 0 Å². The number of benzene rings is 1. The van der Waals surface area contributed by atoms with E-state index >= 15 is 0 Å². The molecule has 0 saturated heterocycles. The van der Waals surface area contributed by atoms with Crippen LogP contribution in [0.5, 0.6) is 0 Å².